The first-order valence-electron chi connectivity index (χ1n) is 9.06. The summed E-state index contributed by atoms with van der Waals surface area (Å²) in [4.78, 5) is 4.36. The third-order valence-electron chi connectivity index (χ3n) is 4.80. The quantitative estimate of drug-likeness (QED) is 0.607. The van der Waals surface area contributed by atoms with Crippen molar-refractivity contribution in [3.8, 4) is 0 Å². The SMILES string of the molecule is CN=C(NCC1CCOC1c1ccccc1)NC(C)c1cccc(Cl)c1. The molecule has 1 aliphatic heterocycles. The molecule has 0 aliphatic carbocycles. The molecule has 4 nitrogen and oxygen atoms in total. The van der Waals surface area contributed by atoms with Gasteiger partial charge in [-0.2, -0.15) is 0 Å². The number of benzene rings is 2. The third-order valence-corrected chi connectivity index (χ3v) is 5.03. The molecule has 2 aromatic carbocycles. The van der Waals surface area contributed by atoms with Crippen LogP contribution in [0.15, 0.2) is 59.6 Å². The summed E-state index contributed by atoms with van der Waals surface area (Å²) in [6.07, 6.45) is 1.19. The van der Waals surface area contributed by atoms with E-state index in [4.69, 9.17) is 16.3 Å². The van der Waals surface area contributed by atoms with Gasteiger partial charge < -0.3 is 15.4 Å². The molecular formula is C21H26ClN3O. The van der Waals surface area contributed by atoms with Gasteiger partial charge in [0.1, 0.15) is 0 Å². The Labute approximate surface area is 160 Å². The molecule has 138 valence electrons. The second-order valence-electron chi connectivity index (χ2n) is 6.62. The van der Waals surface area contributed by atoms with Gasteiger partial charge in [0, 0.05) is 31.1 Å². The second kappa shape index (κ2) is 9.06. The number of guanidine groups is 1. The van der Waals surface area contributed by atoms with Gasteiger partial charge in [0.25, 0.3) is 0 Å². The first kappa shape index (κ1) is 18.7. The Balaban J connectivity index is 1.57. The van der Waals surface area contributed by atoms with Gasteiger partial charge in [0.15, 0.2) is 5.96 Å². The minimum Gasteiger partial charge on any atom is -0.373 e. The van der Waals surface area contributed by atoms with Crippen LogP contribution in [0.25, 0.3) is 0 Å². The molecule has 2 N–H and O–H groups in total. The molecule has 2 aromatic rings. The van der Waals surface area contributed by atoms with Crippen molar-refractivity contribution in [2.45, 2.75) is 25.5 Å². The van der Waals surface area contributed by atoms with Gasteiger partial charge in [-0.1, -0.05) is 54.1 Å². The fourth-order valence-corrected chi connectivity index (χ4v) is 3.54. The van der Waals surface area contributed by atoms with Crippen molar-refractivity contribution < 1.29 is 4.74 Å². The Morgan fingerprint density at radius 3 is 2.77 bits per heavy atom. The molecule has 0 spiro atoms. The summed E-state index contributed by atoms with van der Waals surface area (Å²) in [6, 6.07) is 18.4. The van der Waals surface area contributed by atoms with Crippen molar-refractivity contribution in [2.24, 2.45) is 10.9 Å². The van der Waals surface area contributed by atoms with Crippen LogP contribution in [0.1, 0.15) is 36.6 Å². The molecule has 5 heteroatoms. The van der Waals surface area contributed by atoms with E-state index in [0.717, 1.165) is 36.1 Å². The highest BCUT2D eigenvalue weighted by atomic mass is 35.5. The summed E-state index contributed by atoms with van der Waals surface area (Å²) in [5.41, 5.74) is 2.37. The highest BCUT2D eigenvalue weighted by molar-refractivity contribution is 6.30. The summed E-state index contributed by atoms with van der Waals surface area (Å²) in [5.74, 6) is 1.22. The highest BCUT2D eigenvalue weighted by Crippen LogP contribution is 2.33. The number of hydrogen-bond donors (Lipinski definition) is 2. The van der Waals surface area contributed by atoms with Crippen LogP contribution in [0.3, 0.4) is 0 Å². The Morgan fingerprint density at radius 2 is 2.04 bits per heavy atom. The van der Waals surface area contributed by atoms with E-state index in [0.29, 0.717) is 5.92 Å². The van der Waals surface area contributed by atoms with Gasteiger partial charge in [0.2, 0.25) is 0 Å². The van der Waals surface area contributed by atoms with Crippen LogP contribution in [0, 0.1) is 5.92 Å². The number of nitrogens with one attached hydrogen (secondary N) is 2. The van der Waals surface area contributed by atoms with Crippen LogP contribution >= 0.6 is 11.6 Å². The molecule has 3 unspecified atom stereocenters. The molecule has 3 atom stereocenters. The maximum atomic E-state index is 6.09. The molecule has 1 saturated heterocycles. The zero-order chi connectivity index (χ0) is 18.4. The minimum atomic E-state index is 0.115. The van der Waals surface area contributed by atoms with E-state index in [1.54, 1.807) is 7.05 Å². The van der Waals surface area contributed by atoms with E-state index in [9.17, 15) is 0 Å². The van der Waals surface area contributed by atoms with Crippen molar-refractivity contribution >= 4 is 17.6 Å². The van der Waals surface area contributed by atoms with E-state index >= 15 is 0 Å². The molecule has 1 heterocycles. The first-order valence-corrected chi connectivity index (χ1v) is 9.44. The average Bonchev–Trinajstić information content (AvgIpc) is 3.14. The summed E-state index contributed by atoms with van der Waals surface area (Å²) in [7, 11) is 1.79. The molecule has 1 fully saturated rings. The third kappa shape index (κ3) is 4.77. The van der Waals surface area contributed by atoms with Gasteiger partial charge in [0.05, 0.1) is 12.1 Å². The van der Waals surface area contributed by atoms with E-state index in [2.05, 4.69) is 52.9 Å². The van der Waals surface area contributed by atoms with E-state index in [1.807, 2.05) is 24.3 Å². The van der Waals surface area contributed by atoms with Crippen LogP contribution < -0.4 is 10.6 Å². The number of rotatable bonds is 5. The van der Waals surface area contributed by atoms with Crippen LogP contribution in [-0.2, 0) is 4.74 Å². The highest BCUT2D eigenvalue weighted by Gasteiger charge is 2.29. The largest absolute Gasteiger partial charge is 0.373 e. The molecule has 0 radical (unpaired) electrons. The van der Waals surface area contributed by atoms with Gasteiger partial charge in [-0.05, 0) is 36.6 Å². The number of ether oxygens (including phenoxy) is 1. The molecule has 0 amide bonds. The number of hydrogen-bond acceptors (Lipinski definition) is 2. The molecule has 1 aliphatic rings. The zero-order valence-electron chi connectivity index (χ0n) is 15.3. The Morgan fingerprint density at radius 1 is 1.23 bits per heavy atom. The normalized spacial score (nSPS) is 21.4. The van der Waals surface area contributed by atoms with Gasteiger partial charge >= 0.3 is 0 Å². The lowest BCUT2D eigenvalue weighted by Crippen LogP contribution is -2.41. The Kier molecular flexibility index (Phi) is 6.53. The average molecular weight is 372 g/mol. The number of halogens is 1. The standard InChI is InChI=1S/C21H26ClN3O/c1-15(17-9-6-10-19(22)13-17)25-21(23-2)24-14-18-11-12-26-20(18)16-7-4-3-5-8-16/h3-10,13,15,18,20H,11-12,14H2,1-2H3,(H2,23,24,25). The van der Waals surface area contributed by atoms with E-state index in [1.165, 1.54) is 5.56 Å². The van der Waals surface area contributed by atoms with E-state index in [-0.39, 0.29) is 12.1 Å². The van der Waals surface area contributed by atoms with Crippen molar-refractivity contribution in [1.29, 1.82) is 0 Å². The fraction of sp³-hybridized carbons (Fsp3) is 0.381. The molecule has 3 rings (SSSR count). The summed E-state index contributed by atoms with van der Waals surface area (Å²) in [5, 5.41) is 7.62. The topological polar surface area (TPSA) is 45.7 Å². The first-order chi connectivity index (χ1) is 12.7. The van der Waals surface area contributed by atoms with Crippen LogP contribution in [0.4, 0.5) is 0 Å². The molecule has 0 aromatic heterocycles. The lowest BCUT2D eigenvalue weighted by Gasteiger charge is -2.22. The van der Waals surface area contributed by atoms with Crippen molar-refractivity contribution in [3.05, 3.63) is 70.7 Å². The van der Waals surface area contributed by atoms with Crippen LogP contribution in [-0.4, -0.2) is 26.2 Å². The second-order valence-corrected chi connectivity index (χ2v) is 7.06. The predicted octanol–water partition coefficient (Wildman–Crippen LogP) is 4.34. The maximum Gasteiger partial charge on any atom is 0.191 e. The maximum absolute atomic E-state index is 6.09. The minimum absolute atomic E-state index is 0.115. The lowest BCUT2D eigenvalue weighted by molar-refractivity contribution is 0.0915. The monoisotopic (exact) mass is 371 g/mol. The molecule has 26 heavy (non-hydrogen) atoms. The molecule has 0 bridgehead atoms. The molecule has 0 saturated carbocycles. The predicted molar refractivity (Wildman–Crippen MR) is 108 cm³/mol. The fourth-order valence-electron chi connectivity index (χ4n) is 3.34. The van der Waals surface area contributed by atoms with Crippen molar-refractivity contribution in [1.82, 2.24) is 10.6 Å². The van der Waals surface area contributed by atoms with E-state index < -0.39 is 0 Å². The molecular weight excluding hydrogens is 346 g/mol. The number of aliphatic imine (C=N–C) groups is 1. The van der Waals surface area contributed by atoms with Crippen LogP contribution in [0.2, 0.25) is 5.02 Å². The zero-order valence-corrected chi connectivity index (χ0v) is 16.0. The van der Waals surface area contributed by atoms with Gasteiger partial charge in [-0.25, -0.2) is 0 Å². The van der Waals surface area contributed by atoms with Gasteiger partial charge in [-0.3, -0.25) is 4.99 Å². The van der Waals surface area contributed by atoms with Gasteiger partial charge in [-0.15, -0.1) is 0 Å². The summed E-state index contributed by atoms with van der Waals surface area (Å²) < 4.78 is 5.97. The van der Waals surface area contributed by atoms with Crippen LogP contribution in [0.5, 0.6) is 0 Å². The summed E-state index contributed by atoms with van der Waals surface area (Å²) in [6.45, 7) is 3.72. The van der Waals surface area contributed by atoms with Crippen molar-refractivity contribution in [2.75, 3.05) is 20.2 Å². The Bertz CT molecular complexity index is 735. The Hall–Kier alpha value is -2.04. The number of nitrogens with zero attached hydrogens (tertiary/aromatic N) is 1. The van der Waals surface area contributed by atoms with Crippen molar-refractivity contribution in [3.63, 3.8) is 0 Å². The lowest BCUT2D eigenvalue weighted by atomic mass is 9.95. The summed E-state index contributed by atoms with van der Waals surface area (Å²) >= 11 is 6.09. The smallest absolute Gasteiger partial charge is 0.191 e.